The summed E-state index contributed by atoms with van der Waals surface area (Å²) in [5.74, 6) is -0.290. The quantitative estimate of drug-likeness (QED) is 0.878. The molecule has 1 aliphatic carbocycles. The lowest BCUT2D eigenvalue weighted by atomic mass is 10.1. The highest BCUT2D eigenvalue weighted by Gasteiger charge is 2.27. The van der Waals surface area contributed by atoms with Crippen molar-refractivity contribution in [1.29, 1.82) is 0 Å². The Labute approximate surface area is 155 Å². The summed E-state index contributed by atoms with van der Waals surface area (Å²) in [4.78, 5) is 12.6. The molecule has 1 N–H and O–H groups in total. The molecule has 0 bridgehead atoms. The second-order valence-electron chi connectivity index (χ2n) is 6.86. The third-order valence-electron chi connectivity index (χ3n) is 5.02. The van der Waals surface area contributed by atoms with Crippen LogP contribution in [0, 0.1) is 13.8 Å². The maximum atomic E-state index is 12.7. The summed E-state index contributed by atoms with van der Waals surface area (Å²) < 4.78 is 26.5. The molecule has 0 fully saturated rings. The second-order valence-corrected chi connectivity index (χ2v) is 8.91. The van der Waals surface area contributed by atoms with Gasteiger partial charge in [-0.15, -0.1) is 0 Å². The standard InChI is InChI=1S/C20H24N2O3S/c1-14-8-10-17(12-15(14)2)26(24,25)22(3)13-20(23)21-19-11-9-16-6-4-5-7-18(16)19/h4-8,10,12,19H,9,11,13H2,1-3H3,(H,21,23). The molecule has 26 heavy (non-hydrogen) atoms. The molecule has 1 atom stereocenters. The average molecular weight is 372 g/mol. The molecule has 0 aliphatic heterocycles. The van der Waals surface area contributed by atoms with E-state index < -0.39 is 10.0 Å². The highest BCUT2D eigenvalue weighted by Crippen LogP contribution is 2.30. The lowest BCUT2D eigenvalue weighted by molar-refractivity contribution is -0.121. The molecular formula is C20H24N2O3S. The number of likely N-dealkylation sites (N-methyl/N-ethyl adjacent to an activating group) is 1. The Balaban J connectivity index is 1.68. The molecule has 138 valence electrons. The summed E-state index contributed by atoms with van der Waals surface area (Å²) >= 11 is 0. The van der Waals surface area contributed by atoms with Crippen LogP contribution in [0.25, 0.3) is 0 Å². The SMILES string of the molecule is Cc1ccc(S(=O)(=O)N(C)CC(=O)NC2CCc3ccccc32)cc1C. The molecule has 1 unspecified atom stereocenters. The zero-order chi connectivity index (χ0) is 18.9. The number of nitrogens with zero attached hydrogens (tertiary/aromatic N) is 1. The average Bonchev–Trinajstić information content (AvgIpc) is 3.00. The van der Waals surface area contributed by atoms with Crippen molar-refractivity contribution in [3.63, 3.8) is 0 Å². The van der Waals surface area contributed by atoms with Crippen LogP contribution in [0.3, 0.4) is 0 Å². The maximum Gasteiger partial charge on any atom is 0.243 e. The van der Waals surface area contributed by atoms with Gasteiger partial charge >= 0.3 is 0 Å². The fourth-order valence-corrected chi connectivity index (χ4v) is 4.50. The molecule has 0 saturated heterocycles. The van der Waals surface area contributed by atoms with Crippen LogP contribution in [-0.2, 0) is 21.2 Å². The normalized spacial score (nSPS) is 16.5. The summed E-state index contributed by atoms with van der Waals surface area (Å²) in [5.41, 5.74) is 4.31. The summed E-state index contributed by atoms with van der Waals surface area (Å²) in [6.45, 7) is 3.61. The molecule has 5 nitrogen and oxygen atoms in total. The fourth-order valence-electron chi connectivity index (χ4n) is 3.29. The van der Waals surface area contributed by atoms with Gasteiger partial charge in [0, 0.05) is 7.05 Å². The van der Waals surface area contributed by atoms with Gasteiger partial charge in [-0.2, -0.15) is 4.31 Å². The lowest BCUT2D eigenvalue weighted by Gasteiger charge is -2.20. The maximum absolute atomic E-state index is 12.7. The highest BCUT2D eigenvalue weighted by atomic mass is 32.2. The van der Waals surface area contributed by atoms with Crippen LogP contribution in [0.2, 0.25) is 0 Å². The van der Waals surface area contributed by atoms with Crippen LogP contribution in [0.5, 0.6) is 0 Å². The van der Waals surface area contributed by atoms with E-state index in [0.717, 1.165) is 33.8 Å². The van der Waals surface area contributed by atoms with Crippen LogP contribution in [0.1, 0.15) is 34.7 Å². The molecule has 0 aromatic heterocycles. The molecule has 1 amide bonds. The molecule has 6 heteroatoms. The first-order valence-electron chi connectivity index (χ1n) is 8.70. The van der Waals surface area contributed by atoms with Gasteiger partial charge in [-0.1, -0.05) is 30.3 Å². The zero-order valence-electron chi connectivity index (χ0n) is 15.3. The first-order chi connectivity index (χ1) is 12.3. The zero-order valence-corrected chi connectivity index (χ0v) is 16.1. The number of hydrogen-bond acceptors (Lipinski definition) is 3. The first-order valence-corrected chi connectivity index (χ1v) is 10.1. The first kappa shape index (κ1) is 18.6. The number of carbonyl (C=O) groups is 1. The Morgan fingerprint density at radius 1 is 1.15 bits per heavy atom. The topological polar surface area (TPSA) is 66.5 Å². The van der Waals surface area contributed by atoms with E-state index in [1.54, 1.807) is 18.2 Å². The smallest absolute Gasteiger partial charge is 0.243 e. The molecule has 2 aromatic carbocycles. The summed E-state index contributed by atoms with van der Waals surface area (Å²) in [5, 5.41) is 2.96. The third kappa shape index (κ3) is 3.66. The number of fused-ring (bicyclic) bond motifs is 1. The highest BCUT2D eigenvalue weighted by molar-refractivity contribution is 7.89. The van der Waals surface area contributed by atoms with E-state index in [1.807, 2.05) is 32.0 Å². The third-order valence-corrected chi connectivity index (χ3v) is 6.82. The van der Waals surface area contributed by atoms with E-state index in [-0.39, 0.29) is 23.4 Å². The summed E-state index contributed by atoms with van der Waals surface area (Å²) in [6.07, 6.45) is 1.77. The van der Waals surface area contributed by atoms with Crippen molar-refractivity contribution in [1.82, 2.24) is 9.62 Å². The van der Waals surface area contributed by atoms with E-state index in [4.69, 9.17) is 0 Å². The van der Waals surface area contributed by atoms with Crippen LogP contribution in [0.15, 0.2) is 47.4 Å². The Kier molecular flexibility index (Phi) is 5.16. The Morgan fingerprint density at radius 2 is 1.88 bits per heavy atom. The minimum atomic E-state index is -3.69. The number of carbonyl (C=O) groups excluding carboxylic acids is 1. The van der Waals surface area contributed by atoms with E-state index in [9.17, 15) is 13.2 Å². The number of nitrogens with one attached hydrogen (secondary N) is 1. The predicted octanol–water partition coefficient (Wildman–Crippen LogP) is 2.73. The second kappa shape index (κ2) is 7.21. The van der Waals surface area contributed by atoms with Gasteiger partial charge < -0.3 is 5.32 Å². The van der Waals surface area contributed by atoms with Gasteiger partial charge in [0.2, 0.25) is 15.9 Å². The van der Waals surface area contributed by atoms with Crippen LogP contribution in [-0.4, -0.2) is 32.2 Å². The van der Waals surface area contributed by atoms with Gasteiger partial charge in [0.15, 0.2) is 0 Å². The molecule has 1 aliphatic rings. The van der Waals surface area contributed by atoms with Crippen molar-refractivity contribution >= 4 is 15.9 Å². The molecule has 0 heterocycles. The van der Waals surface area contributed by atoms with Gasteiger partial charge in [-0.3, -0.25) is 4.79 Å². The monoisotopic (exact) mass is 372 g/mol. The molecule has 0 saturated carbocycles. The van der Waals surface area contributed by atoms with Crippen molar-refractivity contribution in [3.8, 4) is 0 Å². The molecular weight excluding hydrogens is 348 g/mol. The van der Waals surface area contributed by atoms with Gasteiger partial charge in [-0.25, -0.2) is 8.42 Å². The van der Waals surface area contributed by atoms with Crippen LogP contribution >= 0.6 is 0 Å². The Morgan fingerprint density at radius 3 is 2.62 bits per heavy atom. The Hall–Kier alpha value is -2.18. The molecule has 3 rings (SSSR count). The van der Waals surface area contributed by atoms with E-state index in [1.165, 1.54) is 12.6 Å². The number of benzene rings is 2. The fraction of sp³-hybridized carbons (Fsp3) is 0.350. The van der Waals surface area contributed by atoms with Crippen LogP contribution < -0.4 is 5.32 Å². The number of amides is 1. The van der Waals surface area contributed by atoms with Crippen LogP contribution in [0.4, 0.5) is 0 Å². The lowest BCUT2D eigenvalue weighted by Crippen LogP contribution is -2.39. The molecule has 0 spiro atoms. The molecule has 2 aromatic rings. The van der Waals surface area contributed by atoms with Crippen molar-refractivity contribution in [3.05, 3.63) is 64.7 Å². The van der Waals surface area contributed by atoms with Gasteiger partial charge in [0.1, 0.15) is 0 Å². The van der Waals surface area contributed by atoms with Crippen molar-refractivity contribution in [2.75, 3.05) is 13.6 Å². The van der Waals surface area contributed by atoms with Crippen molar-refractivity contribution in [2.24, 2.45) is 0 Å². The predicted molar refractivity (Wildman–Crippen MR) is 101 cm³/mol. The van der Waals surface area contributed by atoms with E-state index in [2.05, 4.69) is 11.4 Å². The van der Waals surface area contributed by atoms with Gasteiger partial charge in [-0.05, 0) is 61.1 Å². The van der Waals surface area contributed by atoms with E-state index >= 15 is 0 Å². The number of sulfonamides is 1. The van der Waals surface area contributed by atoms with Gasteiger partial charge in [0.25, 0.3) is 0 Å². The number of aryl methyl sites for hydroxylation is 3. The number of hydrogen-bond donors (Lipinski definition) is 1. The van der Waals surface area contributed by atoms with E-state index in [0.29, 0.717) is 0 Å². The molecule has 0 radical (unpaired) electrons. The minimum absolute atomic E-state index is 0.0450. The largest absolute Gasteiger partial charge is 0.348 e. The Bertz CT molecular complexity index is 938. The van der Waals surface area contributed by atoms with Crippen molar-refractivity contribution in [2.45, 2.75) is 37.6 Å². The summed E-state index contributed by atoms with van der Waals surface area (Å²) in [7, 11) is -2.26. The van der Waals surface area contributed by atoms with Crippen molar-refractivity contribution < 1.29 is 13.2 Å². The van der Waals surface area contributed by atoms with Gasteiger partial charge in [0.05, 0.1) is 17.5 Å². The summed E-state index contributed by atoms with van der Waals surface area (Å²) in [6, 6.07) is 13.0. The number of rotatable bonds is 5. The minimum Gasteiger partial charge on any atom is -0.348 e.